The minimum Gasteiger partial charge on any atom is -0.485 e. The Hall–Kier alpha value is -3.01. The molecule has 0 bridgehead atoms. The molecule has 1 saturated heterocycles. The largest absolute Gasteiger partial charge is 0.485 e. The average molecular weight is 414 g/mol. The van der Waals surface area contributed by atoms with Crippen LogP contribution in [0.2, 0.25) is 0 Å². The highest BCUT2D eigenvalue weighted by molar-refractivity contribution is 5.92. The molecule has 3 rings (SSSR count). The fraction of sp³-hybridized carbons (Fsp3) is 0.316. The van der Waals surface area contributed by atoms with E-state index in [1.165, 1.54) is 12.1 Å². The lowest BCUT2D eigenvalue weighted by Crippen LogP contribution is -2.55. The predicted molar refractivity (Wildman–Crippen MR) is 93.1 cm³/mol. The van der Waals surface area contributed by atoms with Crippen molar-refractivity contribution < 1.29 is 36.6 Å². The summed E-state index contributed by atoms with van der Waals surface area (Å²) in [5.74, 6) is -0.823. The summed E-state index contributed by atoms with van der Waals surface area (Å²) in [4.78, 5) is 12.5. The Morgan fingerprint density at radius 3 is 2.69 bits per heavy atom. The first-order valence-electron chi connectivity index (χ1n) is 8.56. The third-order valence-electron chi connectivity index (χ3n) is 4.44. The number of amides is 1. The van der Waals surface area contributed by atoms with E-state index >= 15 is 0 Å². The number of hydrogen-bond donors (Lipinski definition) is 2. The van der Waals surface area contributed by atoms with Crippen LogP contribution >= 0.6 is 0 Å². The van der Waals surface area contributed by atoms with Gasteiger partial charge in [-0.2, -0.15) is 8.78 Å². The average Bonchev–Trinajstić information content (AvgIpc) is 3.27. The third kappa shape index (κ3) is 4.07. The Balaban J connectivity index is 1.76. The van der Waals surface area contributed by atoms with Gasteiger partial charge in [-0.25, -0.2) is 13.8 Å². The van der Waals surface area contributed by atoms with Crippen LogP contribution in [0.5, 0.6) is 5.75 Å². The SMILES string of the molecule is Cc1ccc(C)c(OCc2ccc(C(=O)N3NC(=C(F)F)CC3(O)C(F)F)o2)c1. The first-order chi connectivity index (χ1) is 13.6. The number of alkyl halides is 2. The van der Waals surface area contributed by atoms with E-state index in [1.54, 1.807) is 0 Å². The van der Waals surface area contributed by atoms with Crippen molar-refractivity contribution >= 4 is 5.91 Å². The van der Waals surface area contributed by atoms with Crippen LogP contribution in [0, 0.1) is 13.8 Å². The van der Waals surface area contributed by atoms with E-state index in [9.17, 15) is 27.5 Å². The van der Waals surface area contributed by atoms with Crippen molar-refractivity contribution in [1.29, 1.82) is 0 Å². The molecule has 1 unspecified atom stereocenters. The van der Waals surface area contributed by atoms with Crippen molar-refractivity contribution in [1.82, 2.24) is 10.4 Å². The minimum atomic E-state index is -3.49. The van der Waals surface area contributed by atoms with Crippen molar-refractivity contribution in [3.63, 3.8) is 0 Å². The van der Waals surface area contributed by atoms with Crippen LogP contribution in [0.4, 0.5) is 17.6 Å². The molecule has 29 heavy (non-hydrogen) atoms. The second-order valence-electron chi connectivity index (χ2n) is 6.67. The zero-order chi connectivity index (χ0) is 21.3. The fourth-order valence-corrected chi connectivity index (χ4v) is 2.81. The predicted octanol–water partition coefficient (Wildman–Crippen LogP) is 3.89. The molecule has 1 aliphatic rings. The molecule has 2 N–H and O–H groups in total. The van der Waals surface area contributed by atoms with Gasteiger partial charge in [0.25, 0.3) is 12.5 Å². The number of halogens is 4. The first kappa shape index (κ1) is 20.7. The van der Waals surface area contributed by atoms with Crippen LogP contribution in [0.3, 0.4) is 0 Å². The second-order valence-corrected chi connectivity index (χ2v) is 6.67. The quantitative estimate of drug-likeness (QED) is 0.727. The van der Waals surface area contributed by atoms with E-state index in [1.807, 2.05) is 37.5 Å². The van der Waals surface area contributed by atoms with E-state index in [0.717, 1.165) is 11.1 Å². The molecule has 1 atom stereocenters. The van der Waals surface area contributed by atoms with E-state index in [2.05, 4.69) is 0 Å². The summed E-state index contributed by atoms with van der Waals surface area (Å²) in [6, 6.07) is 8.19. The highest BCUT2D eigenvalue weighted by Crippen LogP contribution is 2.35. The van der Waals surface area contributed by atoms with Gasteiger partial charge in [-0.3, -0.25) is 10.2 Å². The molecule has 1 aromatic carbocycles. The van der Waals surface area contributed by atoms with E-state index in [0.29, 0.717) is 5.75 Å². The van der Waals surface area contributed by atoms with Gasteiger partial charge in [0, 0.05) is 0 Å². The van der Waals surface area contributed by atoms with Crippen LogP contribution in [-0.4, -0.2) is 28.2 Å². The highest BCUT2D eigenvalue weighted by Gasteiger charge is 2.54. The number of carbonyl (C=O) groups excluding carboxylic acids is 1. The van der Waals surface area contributed by atoms with Crippen molar-refractivity contribution in [2.45, 2.75) is 39.0 Å². The lowest BCUT2D eigenvalue weighted by molar-refractivity contribution is -0.168. The van der Waals surface area contributed by atoms with Gasteiger partial charge in [0.1, 0.15) is 23.8 Å². The van der Waals surface area contributed by atoms with Crippen LogP contribution in [0.15, 0.2) is 46.5 Å². The van der Waals surface area contributed by atoms with Crippen LogP contribution in [-0.2, 0) is 6.61 Å². The number of hydrazine groups is 1. The second kappa shape index (κ2) is 7.78. The Kier molecular flexibility index (Phi) is 5.56. The number of rotatable bonds is 5. The van der Waals surface area contributed by atoms with Gasteiger partial charge < -0.3 is 14.3 Å². The molecular weight excluding hydrogens is 396 g/mol. The van der Waals surface area contributed by atoms with Crippen molar-refractivity contribution in [3.05, 3.63) is 64.8 Å². The molecule has 2 heterocycles. The van der Waals surface area contributed by atoms with Crippen molar-refractivity contribution in [3.8, 4) is 5.75 Å². The molecule has 0 spiro atoms. The number of carbonyl (C=O) groups is 1. The van der Waals surface area contributed by atoms with Crippen LogP contribution < -0.4 is 10.2 Å². The molecule has 0 radical (unpaired) electrons. The van der Waals surface area contributed by atoms with Gasteiger partial charge in [0.05, 0.1) is 6.42 Å². The van der Waals surface area contributed by atoms with Gasteiger partial charge in [-0.1, -0.05) is 12.1 Å². The summed E-state index contributed by atoms with van der Waals surface area (Å²) in [6.07, 6.45) is -6.93. The number of nitrogens with one attached hydrogen (secondary N) is 1. The number of benzene rings is 1. The van der Waals surface area contributed by atoms with E-state index in [-0.39, 0.29) is 17.4 Å². The maximum absolute atomic E-state index is 13.3. The molecule has 1 aromatic heterocycles. The molecule has 0 saturated carbocycles. The zero-order valence-electron chi connectivity index (χ0n) is 15.5. The number of furan rings is 1. The number of nitrogens with zero attached hydrogens (tertiary/aromatic N) is 1. The molecule has 6 nitrogen and oxygen atoms in total. The summed E-state index contributed by atoms with van der Waals surface area (Å²) in [7, 11) is 0. The van der Waals surface area contributed by atoms with E-state index in [4.69, 9.17) is 9.15 Å². The van der Waals surface area contributed by atoms with Gasteiger partial charge in [0.15, 0.2) is 5.76 Å². The number of aryl methyl sites for hydroxylation is 2. The third-order valence-corrected chi connectivity index (χ3v) is 4.44. The van der Waals surface area contributed by atoms with E-state index < -0.39 is 42.0 Å². The molecule has 2 aromatic rings. The standard InChI is InChI=1S/C19H18F4N2O4/c1-10-3-4-11(2)15(7-10)28-9-12-5-6-14(29-12)17(26)25-19(27,18(22)23)8-13(24-25)16(20)21/h3-7,18,24,27H,8-9H2,1-2H3. The Morgan fingerprint density at radius 1 is 1.31 bits per heavy atom. The number of hydrogen-bond acceptors (Lipinski definition) is 5. The molecule has 1 aliphatic heterocycles. The normalized spacial score (nSPS) is 18.9. The number of aliphatic hydroxyl groups is 1. The van der Waals surface area contributed by atoms with Crippen LogP contribution in [0.25, 0.3) is 0 Å². The molecule has 10 heteroatoms. The molecule has 156 valence electrons. The van der Waals surface area contributed by atoms with Crippen molar-refractivity contribution in [2.75, 3.05) is 0 Å². The molecule has 0 aliphatic carbocycles. The monoisotopic (exact) mass is 414 g/mol. The maximum atomic E-state index is 13.3. The lowest BCUT2D eigenvalue weighted by Gasteiger charge is -2.30. The summed E-state index contributed by atoms with van der Waals surface area (Å²) < 4.78 is 63.1. The fourth-order valence-electron chi connectivity index (χ4n) is 2.81. The first-order valence-corrected chi connectivity index (χ1v) is 8.56. The number of ether oxygens (including phenoxy) is 1. The van der Waals surface area contributed by atoms with Gasteiger partial charge in [-0.05, 0) is 43.2 Å². The Morgan fingerprint density at radius 2 is 2.03 bits per heavy atom. The lowest BCUT2D eigenvalue weighted by atomic mass is 10.1. The van der Waals surface area contributed by atoms with Gasteiger partial charge in [0.2, 0.25) is 5.72 Å². The zero-order valence-corrected chi connectivity index (χ0v) is 15.5. The highest BCUT2D eigenvalue weighted by atomic mass is 19.3. The topological polar surface area (TPSA) is 74.9 Å². The molecular formula is C19H18F4N2O4. The van der Waals surface area contributed by atoms with Crippen molar-refractivity contribution in [2.24, 2.45) is 0 Å². The Labute approximate surface area is 163 Å². The Bertz CT molecular complexity index is 955. The summed E-state index contributed by atoms with van der Waals surface area (Å²) in [6.45, 7) is 3.70. The maximum Gasteiger partial charge on any atom is 0.310 e. The molecule has 1 amide bonds. The summed E-state index contributed by atoms with van der Waals surface area (Å²) >= 11 is 0. The summed E-state index contributed by atoms with van der Waals surface area (Å²) in [5.41, 5.74) is -0.394. The smallest absolute Gasteiger partial charge is 0.310 e. The van der Waals surface area contributed by atoms with Gasteiger partial charge in [-0.15, -0.1) is 0 Å². The van der Waals surface area contributed by atoms with Gasteiger partial charge >= 0.3 is 5.91 Å². The molecule has 1 fully saturated rings. The minimum absolute atomic E-state index is 0.0472. The van der Waals surface area contributed by atoms with Crippen LogP contribution in [0.1, 0.15) is 33.9 Å². The summed E-state index contributed by atoms with van der Waals surface area (Å²) in [5, 5.41) is 10.1.